The molecule has 2 aliphatic rings. The van der Waals surface area contributed by atoms with Crippen molar-refractivity contribution in [3.8, 4) is 0 Å². The smallest absolute Gasteiger partial charge is 0.124 e. The molecule has 0 atom stereocenters. The molecule has 5 heteroatoms. The Hall–Kier alpha value is -2.47. The number of fused-ring (bicyclic) bond motifs is 1. The van der Waals surface area contributed by atoms with Gasteiger partial charge in [0.05, 0.1) is 30.8 Å². The Bertz CT molecular complexity index is 1040. The first-order valence-electron chi connectivity index (χ1n) is 12.1. The fourth-order valence-corrected chi connectivity index (χ4v) is 4.89. The molecule has 0 amide bonds. The third-order valence-corrected chi connectivity index (χ3v) is 6.75. The first-order chi connectivity index (χ1) is 15.9. The molecule has 0 aliphatic carbocycles. The van der Waals surface area contributed by atoms with Crippen molar-refractivity contribution in [2.24, 2.45) is 0 Å². The molecule has 0 spiro atoms. The molecule has 168 valence electrons. The summed E-state index contributed by atoms with van der Waals surface area (Å²) in [7, 11) is 0. The highest BCUT2D eigenvalue weighted by molar-refractivity contribution is 5.75. The number of unbranched alkanes of at least 4 members (excludes halogenated alkanes) is 1. The second kappa shape index (κ2) is 10.4. The Balaban J connectivity index is 1.16. The summed E-state index contributed by atoms with van der Waals surface area (Å²) >= 11 is 0. The molecule has 3 aromatic rings. The zero-order valence-corrected chi connectivity index (χ0v) is 19.0. The van der Waals surface area contributed by atoms with Crippen molar-refractivity contribution in [3.63, 3.8) is 0 Å². The molecular weight excluding hydrogens is 396 g/mol. The van der Waals surface area contributed by atoms with Crippen LogP contribution >= 0.6 is 0 Å². The number of benzene rings is 2. The van der Waals surface area contributed by atoms with E-state index in [2.05, 4.69) is 75.0 Å². The molecule has 32 heavy (non-hydrogen) atoms. The molecule has 3 heterocycles. The molecule has 1 aromatic heterocycles. The summed E-state index contributed by atoms with van der Waals surface area (Å²) in [6, 6.07) is 19.4. The van der Waals surface area contributed by atoms with Crippen LogP contribution in [0.1, 0.15) is 30.7 Å². The number of aryl methyl sites for hydroxylation is 1. The molecule has 0 radical (unpaired) electrons. The van der Waals surface area contributed by atoms with Gasteiger partial charge in [0.1, 0.15) is 5.82 Å². The van der Waals surface area contributed by atoms with Crippen molar-refractivity contribution in [2.75, 3.05) is 45.9 Å². The van der Waals surface area contributed by atoms with Crippen LogP contribution in [0.4, 0.5) is 0 Å². The lowest BCUT2D eigenvalue weighted by Gasteiger charge is -2.27. The van der Waals surface area contributed by atoms with E-state index >= 15 is 0 Å². The molecule has 5 nitrogen and oxygen atoms in total. The number of morpholine rings is 1. The number of nitrogens with zero attached hydrogens (tertiary/aromatic N) is 4. The van der Waals surface area contributed by atoms with E-state index < -0.39 is 0 Å². The lowest BCUT2D eigenvalue weighted by atomic mass is 9.99. The maximum absolute atomic E-state index is 5.52. The number of aromatic nitrogens is 2. The summed E-state index contributed by atoms with van der Waals surface area (Å²) in [5.74, 6) is 1.20. The van der Waals surface area contributed by atoms with Crippen molar-refractivity contribution in [1.82, 2.24) is 19.4 Å². The molecule has 0 N–H and O–H groups in total. The van der Waals surface area contributed by atoms with Crippen LogP contribution in [-0.4, -0.2) is 65.3 Å². The quantitative estimate of drug-likeness (QED) is 0.495. The van der Waals surface area contributed by atoms with Crippen molar-refractivity contribution in [1.29, 1.82) is 0 Å². The Morgan fingerprint density at radius 3 is 2.41 bits per heavy atom. The molecule has 1 saturated heterocycles. The van der Waals surface area contributed by atoms with Crippen molar-refractivity contribution in [2.45, 2.75) is 32.4 Å². The van der Waals surface area contributed by atoms with E-state index in [0.717, 1.165) is 64.4 Å². The number of hydrogen-bond donors (Lipinski definition) is 0. The van der Waals surface area contributed by atoms with Crippen molar-refractivity contribution in [3.05, 3.63) is 72.1 Å². The van der Waals surface area contributed by atoms with Gasteiger partial charge < -0.3 is 9.30 Å². The Morgan fingerprint density at radius 1 is 0.812 bits per heavy atom. The summed E-state index contributed by atoms with van der Waals surface area (Å²) in [6.07, 6.45) is 5.97. The van der Waals surface area contributed by atoms with E-state index in [4.69, 9.17) is 9.72 Å². The number of hydrogen-bond acceptors (Lipinski definition) is 4. The van der Waals surface area contributed by atoms with Gasteiger partial charge in [0.15, 0.2) is 0 Å². The molecule has 2 aromatic carbocycles. The van der Waals surface area contributed by atoms with Crippen LogP contribution < -0.4 is 0 Å². The predicted molar refractivity (Wildman–Crippen MR) is 131 cm³/mol. The number of rotatable bonds is 8. The second-order valence-corrected chi connectivity index (χ2v) is 8.91. The average Bonchev–Trinajstić information content (AvgIpc) is 3.20. The van der Waals surface area contributed by atoms with Crippen LogP contribution in [0.25, 0.3) is 16.6 Å². The van der Waals surface area contributed by atoms with E-state index in [1.165, 1.54) is 41.9 Å². The summed E-state index contributed by atoms with van der Waals surface area (Å²) in [6.45, 7) is 9.01. The highest BCUT2D eigenvalue weighted by Gasteiger charge is 2.17. The van der Waals surface area contributed by atoms with E-state index in [-0.39, 0.29) is 0 Å². The van der Waals surface area contributed by atoms with Gasteiger partial charge in [0, 0.05) is 32.7 Å². The normalized spacial score (nSPS) is 18.2. The lowest BCUT2D eigenvalue weighted by Crippen LogP contribution is -2.36. The van der Waals surface area contributed by atoms with Gasteiger partial charge in [0.2, 0.25) is 0 Å². The first kappa shape index (κ1) is 21.4. The standard InChI is InChI=1S/C27H34N4O/c1-2-8-23(9-3-1)24-12-16-29(17-13-24)14-6-7-15-31-26-11-5-4-10-25(26)28-27(31)22-30-18-20-32-21-19-30/h1-5,8-12H,6-7,13-22H2. The van der Waals surface area contributed by atoms with E-state index in [1.54, 1.807) is 0 Å². The molecule has 1 fully saturated rings. The first-order valence-corrected chi connectivity index (χ1v) is 12.1. The minimum absolute atomic E-state index is 0.830. The van der Waals surface area contributed by atoms with Gasteiger partial charge in [-0.15, -0.1) is 0 Å². The molecule has 0 unspecified atom stereocenters. The van der Waals surface area contributed by atoms with Crippen LogP contribution in [0.15, 0.2) is 60.7 Å². The molecule has 2 aliphatic heterocycles. The van der Waals surface area contributed by atoms with Gasteiger partial charge >= 0.3 is 0 Å². The highest BCUT2D eigenvalue weighted by Crippen LogP contribution is 2.23. The highest BCUT2D eigenvalue weighted by atomic mass is 16.5. The van der Waals surface area contributed by atoms with Gasteiger partial charge in [-0.1, -0.05) is 48.5 Å². The number of para-hydroxylation sites is 2. The Labute approximate surface area is 191 Å². The van der Waals surface area contributed by atoms with Gasteiger partial charge in [-0.3, -0.25) is 9.80 Å². The number of imidazole rings is 1. The third kappa shape index (κ3) is 5.12. The van der Waals surface area contributed by atoms with E-state index in [0.29, 0.717) is 0 Å². The zero-order chi connectivity index (χ0) is 21.6. The molecular formula is C27H34N4O. The van der Waals surface area contributed by atoms with Crippen LogP contribution in [0.5, 0.6) is 0 Å². The van der Waals surface area contributed by atoms with Crippen LogP contribution in [0.2, 0.25) is 0 Å². The van der Waals surface area contributed by atoms with Crippen molar-refractivity contribution >= 4 is 16.6 Å². The van der Waals surface area contributed by atoms with Gasteiger partial charge in [-0.05, 0) is 49.1 Å². The summed E-state index contributed by atoms with van der Waals surface area (Å²) in [5.41, 5.74) is 5.26. The zero-order valence-electron chi connectivity index (χ0n) is 19.0. The van der Waals surface area contributed by atoms with Gasteiger partial charge in [-0.25, -0.2) is 4.98 Å². The predicted octanol–water partition coefficient (Wildman–Crippen LogP) is 4.44. The molecule has 5 rings (SSSR count). The molecule has 0 saturated carbocycles. The van der Waals surface area contributed by atoms with Crippen LogP contribution in [0.3, 0.4) is 0 Å². The number of ether oxygens (including phenoxy) is 1. The maximum Gasteiger partial charge on any atom is 0.124 e. The minimum Gasteiger partial charge on any atom is -0.379 e. The minimum atomic E-state index is 0.830. The van der Waals surface area contributed by atoms with Gasteiger partial charge in [-0.2, -0.15) is 0 Å². The maximum atomic E-state index is 5.52. The lowest BCUT2D eigenvalue weighted by molar-refractivity contribution is 0.0326. The molecule has 0 bridgehead atoms. The fourth-order valence-electron chi connectivity index (χ4n) is 4.89. The SMILES string of the molecule is C1=C(c2ccccc2)CCN(CCCCn2c(CN3CCOCC3)nc3ccccc32)C1. The van der Waals surface area contributed by atoms with E-state index in [9.17, 15) is 0 Å². The third-order valence-electron chi connectivity index (χ3n) is 6.75. The Morgan fingerprint density at radius 2 is 1.59 bits per heavy atom. The van der Waals surface area contributed by atoms with Crippen molar-refractivity contribution < 1.29 is 4.74 Å². The summed E-state index contributed by atoms with van der Waals surface area (Å²) < 4.78 is 7.97. The topological polar surface area (TPSA) is 33.5 Å². The van der Waals surface area contributed by atoms with Gasteiger partial charge in [0.25, 0.3) is 0 Å². The van der Waals surface area contributed by atoms with E-state index in [1.807, 2.05) is 0 Å². The van der Waals surface area contributed by atoms with Crippen LogP contribution in [-0.2, 0) is 17.8 Å². The van der Waals surface area contributed by atoms with Crippen LogP contribution in [0, 0.1) is 0 Å². The largest absolute Gasteiger partial charge is 0.379 e. The summed E-state index contributed by atoms with van der Waals surface area (Å²) in [4.78, 5) is 10.0. The average molecular weight is 431 g/mol. The Kier molecular flexibility index (Phi) is 6.97. The summed E-state index contributed by atoms with van der Waals surface area (Å²) in [5, 5.41) is 0. The second-order valence-electron chi connectivity index (χ2n) is 8.91. The monoisotopic (exact) mass is 430 g/mol. The fraction of sp³-hybridized carbons (Fsp3) is 0.444.